The van der Waals surface area contributed by atoms with E-state index in [-0.39, 0.29) is 18.1 Å². The lowest BCUT2D eigenvalue weighted by molar-refractivity contribution is 0.274. The largest absolute Gasteiger partial charge is 0.508 e. The van der Waals surface area contributed by atoms with Gasteiger partial charge in [0.15, 0.2) is 0 Å². The number of unbranched alkanes of at least 4 members (excludes halogenated alkanes) is 11. The number of aliphatic hydroxyl groups is 1. The van der Waals surface area contributed by atoms with E-state index >= 15 is 0 Å². The van der Waals surface area contributed by atoms with Gasteiger partial charge in [0.2, 0.25) is 0 Å². The summed E-state index contributed by atoms with van der Waals surface area (Å²) in [6, 6.07) is 3.05. The van der Waals surface area contributed by atoms with Crippen LogP contribution in [0.1, 0.15) is 95.1 Å². The average Bonchev–Trinajstić information content (AvgIpc) is 2.58. The summed E-state index contributed by atoms with van der Waals surface area (Å²) in [7, 11) is 0. The predicted molar refractivity (Wildman–Crippen MR) is 100 cm³/mol. The molecule has 0 bridgehead atoms. The van der Waals surface area contributed by atoms with Gasteiger partial charge in [-0.25, -0.2) is 0 Å². The van der Waals surface area contributed by atoms with E-state index in [0.717, 1.165) is 18.4 Å². The fourth-order valence-corrected chi connectivity index (χ4v) is 3.15. The summed E-state index contributed by atoms with van der Waals surface area (Å²) < 4.78 is 0. The Bertz CT molecular complexity index is 443. The maximum absolute atomic E-state index is 9.90. The molecule has 0 aliphatic carbocycles. The first kappa shape index (κ1) is 20.8. The van der Waals surface area contributed by atoms with Crippen LogP contribution >= 0.6 is 0 Å². The molecule has 3 heteroatoms. The van der Waals surface area contributed by atoms with Crippen molar-refractivity contribution >= 4 is 0 Å². The minimum Gasteiger partial charge on any atom is -0.508 e. The van der Waals surface area contributed by atoms with E-state index in [1.807, 2.05) is 0 Å². The van der Waals surface area contributed by atoms with Crippen molar-refractivity contribution in [3.05, 3.63) is 23.3 Å². The summed E-state index contributed by atoms with van der Waals surface area (Å²) in [6.07, 6.45) is 16.5. The first-order valence-corrected chi connectivity index (χ1v) is 9.83. The van der Waals surface area contributed by atoms with Gasteiger partial charge < -0.3 is 15.3 Å². The Morgan fingerprint density at radius 3 is 1.54 bits per heavy atom. The van der Waals surface area contributed by atoms with Crippen LogP contribution in [0.4, 0.5) is 0 Å². The van der Waals surface area contributed by atoms with Crippen LogP contribution in [0.5, 0.6) is 11.5 Å². The first-order valence-electron chi connectivity index (χ1n) is 9.83. The van der Waals surface area contributed by atoms with Crippen LogP contribution in [-0.4, -0.2) is 15.3 Å². The Labute approximate surface area is 147 Å². The van der Waals surface area contributed by atoms with Crippen molar-refractivity contribution in [3.8, 4) is 11.5 Å². The molecule has 0 heterocycles. The van der Waals surface area contributed by atoms with Crippen LogP contribution in [0.3, 0.4) is 0 Å². The van der Waals surface area contributed by atoms with Gasteiger partial charge in [-0.2, -0.15) is 0 Å². The Hall–Kier alpha value is -1.22. The fourth-order valence-electron chi connectivity index (χ4n) is 3.15. The summed E-state index contributed by atoms with van der Waals surface area (Å²) in [4.78, 5) is 0. The number of aromatic hydroxyl groups is 2. The molecule has 1 aromatic rings. The molecule has 0 atom stereocenters. The van der Waals surface area contributed by atoms with E-state index in [0.29, 0.717) is 5.56 Å². The van der Waals surface area contributed by atoms with Crippen LogP contribution in [0.15, 0.2) is 12.1 Å². The van der Waals surface area contributed by atoms with Gasteiger partial charge in [0, 0.05) is 5.56 Å². The maximum Gasteiger partial charge on any atom is 0.121 e. The Morgan fingerprint density at radius 1 is 0.625 bits per heavy atom. The minimum atomic E-state index is -0.252. The summed E-state index contributed by atoms with van der Waals surface area (Å²) in [5, 5.41) is 28.7. The number of hydrogen-bond donors (Lipinski definition) is 3. The molecule has 0 aliphatic rings. The average molecular weight is 337 g/mol. The molecule has 0 aromatic heterocycles. The van der Waals surface area contributed by atoms with Gasteiger partial charge in [0.1, 0.15) is 11.5 Å². The van der Waals surface area contributed by atoms with Crippen LogP contribution in [-0.2, 0) is 13.0 Å². The number of hydrogen-bond acceptors (Lipinski definition) is 3. The van der Waals surface area contributed by atoms with Crippen molar-refractivity contribution in [1.82, 2.24) is 0 Å². The monoisotopic (exact) mass is 336 g/mol. The molecule has 1 aromatic carbocycles. The molecule has 24 heavy (non-hydrogen) atoms. The van der Waals surface area contributed by atoms with Crippen LogP contribution in [0.25, 0.3) is 0 Å². The molecule has 0 spiro atoms. The molecule has 138 valence electrons. The van der Waals surface area contributed by atoms with Crippen LogP contribution < -0.4 is 0 Å². The molecular weight excluding hydrogens is 300 g/mol. The SMILES string of the molecule is CCCCCCCCCCCCCCc1cc(O)c(CO)cc1O. The maximum atomic E-state index is 9.90. The fraction of sp³-hybridized carbons (Fsp3) is 0.714. The van der Waals surface area contributed by atoms with Crippen molar-refractivity contribution in [3.63, 3.8) is 0 Å². The van der Waals surface area contributed by atoms with E-state index in [1.165, 1.54) is 76.7 Å². The summed E-state index contributed by atoms with van der Waals surface area (Å²) in [5.41, 5.74) is 1.16. The van der Waals surface area contributed by atoms with E-state index in [2.05, 4.69) is 6.92 Å². The Kier molecular flexibility index (Phi) is 11.4. The highest BCUT2D eigenvalue weighted by atomic mass is 16.3. The van der Waals surface area contributed by atoms with Gasteiger partial charge in [0.05, 0.1) is 6.61 Å². The van der Waals surface area contributed by atoms with Crippen molar-refractivity contribution in [2.24, 2.45) is 0 Å². The van der Waals surface area contributed by atoms with Crippen molar-refractivity contribution in [2.45, 2.75) is 97.0 Å². The van der Waals surface area contributed by atoms with E-state index in [9.17, 15) is 10.2 Å². The lowest BCUT2D eigenvalue weighted by Crippen LogP contribution is -1.91. The Morgan fingerprint density at radius 2 is 1.04 bits per heavy atom. The number of aliphatic hydroxyl groups excluding tert-OH is 1. The second-order valence-electron chi connectivity index (χ2n) is 6.91. The van der Waals surface area contributed by atoms with Crippen molar-refractivity contribution in [1.29, 1.82) is 0 Å². The van der Waals surface area contributed by atoms with Gasteiger partial charge in [-0.1, -0.05) is 77.6 Å². The number of rotatable bonds is 14. The zero-order valence-electron chi connectivity index (χ0n) is 15.4. The van der Waals surface area contributed by atoms with Gasteiger partial charge in [-0.15, -0.1) is 0 Å². The highest BCUT2D eigenvalue weighted by Gasteiger charge is 2.07. The molecule has 0 amide bonds. The molecule has 1 rings (SSSR count). The van der Waals surface area contributed by atoms with Crippen LogP contribution in [0.2, 0.25) is 0 Å². The van der Waals surface area contributed by atoms with Gasteiger partial charge in [-0.3, -0.25) is 0 Å². The van der Waals surface area contributed by atoms with Gasteiger partial charge >= 0.3 is 0 Å². The van der Waals surface area contributed by atoms with E-state index < -0.39 is 0 Å². The molecule has 3 nitrogen and oxygen atoms in total. The standard InChI is InChI=1S/C21H36O3/c1-2-3-4-5-6-7-8-9-10-11-12-13-14-18-15-21(24)19(17-22)16-20(18)23/h15-16,22-24H,2-14,17H2,1H3. The number of aryl methyl sites for hydroxylation is 1. The van der Waals surface area contributed by atoms with Gasteiger partial charge in [-0.05, 0) is 30.5 Å². The van der Waals surface area contributed by atoms with E-state index in [1.54, 1.807) is 6.07 Å². The smallest absolute Gasteiger partial charge is 0.121 e. The molecule has 0 unspecified atom stereocenters. The molecule has 0 fully saturated rings. The normalized spacial score (nSPS) is 11.1. The predicted octanol–water partition coefficient (Wildman–Crippen LogP) is 5.83. The third-order valence-electron chi connectivity index (χ3n) is 4.75. The third kappa shape index (κ3) is 8.58. The van der Waals surface area contributed by atoms with Crippen molar-refractivity contribution in [2.75, 3.05) is 0 Å². The molecule has 0 radical (unpaired) electrons. The lowest BCUT2D eigenvalue weighted by atomic mass is 10.0. The van der Waals surface area contributed by atoms with Crippen LogP contribution in [0, 0.1) is 0 Å². The quantitative estimate of drug-likeness (QED) is 0.296. The third-order valence-corrected chi connectivity index (χ3v) is 4.75. The number of benzene rings is 1. The Balaban J connectivity index is 2.02. The molecular formula is C21H36O3. The molecule has 0 aliphatic heterocycles. The first-order chi connectivity index (χ1) is 11.7. The molecule has 0 saturated carbocycles. The minimum absolute atomic E-state index is 0.0734. The summed E-state index contributed by atoms with van der Waals surface area (Å²) in [5.74, 6) is 0.254. The van der Waals surface area contributed by atoms with E-state index in [4.69, 9.17) is 5.11 Å². The second kappa shape index (κ2) is 13.1. The highest BCUT2D eigenvalue weighted by Crippen LogP contribution is 2.28. The summed E-state index contributed by atoms with van der Waals surface area (Å²) in [6.45, 7) is 2.01. The van der Waals surface area contributed by atoms with Gasteiger partial charge in [0.25, 0.3) is 0 Å². The topological polar surface area (TPSA) is 60.7 Å². The zero-order chi connectivity index (χ0) is 17.6. The number of phenolic OH excluding ortho intramolecular Hbond substituents is 1. The second-order valence-corrected chi connectivity index (χ2v) is 6.91. The highest BCUT2D eigenvalue weighted by molar-refractivity contribution is 5.44. The van der Waals surface area contributed by atoms with Crippen molar-refractivity contribution < 1.29 is 15.3 Å². The lowest BCUT2D eigenvalue weighted by Gasteiger charge is -2.08. The zero-order valence-corrected chi connectivity index (χ0v) is 15.4. The summed E-state index contributed by atoms with van der Waals surface area (Å²) >= 11 is 0. The number of phenols is 2. The molecule has 0 saturated heterocycles. The molecule has 3 N–H and O–H groups in total.